The molecule has 0 saturated heterocycles. The Morgan fingerprint density at radius 2 is 1.76 bits per heavy atom. The minimum atomic E-state index is -3.78. The van der Waals surface area contributed by atoms with Crippen LogP contribution in [0.4, 0.5) is 5.69 Å². The number of aromatic nitrogens is 1. The summed E-state index contributed by atoms with van der Waals surface area (Å²) in [7, 11) is -2.26. The lowest BCUT2D eigenvalue weighted by Crippen LogP contribution is -2.17. The zero-order valence-electron chi connectivity index (χ0n) is 20.2. The molecule has 9 nitrogen and oxygen atoms in total. The molecule has 5 rings (SSSR count). The first-order chi connectivity index (χ1) is 17.8. The van der Waals surface area contributed by atoms with Gasteiger partial charge in [0.2, 0.25) is 5.91 Å². The van der Waals surface area contributed by atoms with Gasteiger partial charge in [0.25, 0.3) is 10.0 Å². The van der Waals surface area contributed by atoms with Crippen molar-refractivity contribution in [1.82, 2.24) is 9.40 Å². The molecule has 0 spiro atoms. The van der Waals surface area contributed by atoms with E-state index < -0.39 is 10.0 Å². The first kappa shape index (κ1) is 25.5. The number of amides is 1. The Balaban J connectivity index is 0.000000186. The summed E-state index contributed by atoms with van der Waals surface area (Å²) >= 11 is 0. The fraction of sp³-hybridized carbons (Fsp3) is 0.111. The zero-order chi connectivity index (χ0) is 26.4. The van der Waals surface area contributed by atoms with Crippen LogP contribution < -0.4 is 10.2 Å². The van der Waals surface area contributed by atoms with Crippen LogP contribution in [0.5, 0.6) is 5.75 Å². The molecule has 1 aromatic heterocycles. The smallest absolute Gasteiger partial charge is 0.268 e. The lowest BCUT2D eigenvalue weighted by atomic mass is 10.0. The van der Waals surface area contributed by atoms with E-state index in [1.807, 2.05) is 24.3 Å². The van der Waals surface area contributed by atoms with E-state index in [9.17, 15) is 18.0 Å². The van der Waals surface area contributed by atoms with Gasteiger partial charge in [0.05, 0.1) is 28.9 Å². The molecule has 1 aliphatic rings. The second-order valence-electron chi connectivity index (χ2n) is 7.96. The topological polar surface area (TPSA) is 119 Å². The molecule has 3 aromatic carbocycles. The Morgan fingerprint density at radius 3 is 2.46 bits per heavy atom. The largest absolute Gasteiger partial charge is 0.497 e. The van der Waals surface area contributed by atoms with E-state index in [1.165, 1.54) is 32.4 Å². The number of aldehydes is 1. The Labute approximate surface area is 214 Å². The second kappa shape index (κ2) is 11.0. The van der Waals surface area contributed by atoms with E-state index in [2.05, 4.69) is 15.5 Å². The van der Waals surface area contributed by atoms with Gasteiger partial charge in [-0.1, -0.05) is 36.4 Å². The van der Waals surface area contributed by atoms with Gasteiger partial charge in [-0.3, -0.25) is 14.6 Å². The maximum atomic E-state index is 12.8. The van der Waals surface area contributed by atoms with Crippen molar-refractivity contribution in [3.05, 3.63) is 90.1 Å². The second-order valence-corrected chi connectivity index (χ2v) is 9.77. The number of hydrazone groups is 1. The van der Waals surface area contributed by atoms with Crippen LogP contribution in [0, 0.1) is 0 Å². The van der Waals surface area contributed by atoms with E-state index in [-0.39, 0.29) is 10.8 Å². The molecule has 0 aliphatic carbocycles. The van der Waals surface area contributed by atoms with Gasteiger partial charge in [-0.25, -0.2) is 17.8 Å². The highest BCUT2D eigenvalue weighted by Gasteiger charge is 2.21. The predicted octanol–water partition coefficient (Wildman–Crippen LogP) is 4.33. The molecule has 2 heterocycles. The molecule has 0 fully saturated rings. The number of hydrogen-bond donors (Lipinski definition) is 1. The van der Waals surface area contributed by atoms with Crippen molar-refractivity contribution in [3.8, 4) is 5.75 Å². The number of nitrogens with one attached hydrogen (secondary N) is 1. The van der Waals surface area contributed by atoms with E-state index in [1.54, 1.807) is 42.6 Å². The van der Waals surface area contributed by atoms with Crippen molar-refractivity contribution in [3.63, 3.8) is 0 Å². The van der Waals surface area contributed by atoms with Crippen molar-refractivity contribution < 1.29 is 22.7 Å². The quantitative estimate of drug-likeness (QED) is 0.313. The fourth-order valence-corrected chi connectivity index (χ4v) is 5.13. The maximum absolute atomic E-state index is 12.8. The number of carbonyl (C=O) groups is 2. The van der Waals surface area contributed by atoms with Crippen LogP contribution in [0.2, 0.25) is 0 Å². The summed E-state index contributed by atoms with van der Waals surface area (Å²) in [6.07, 6.45) is 4.44. The summed E-state index contributed by atoms with van der Waals surface area (Å²) < 4.78 is 31.7. The average Bonchev–Trinajstić information content (AvgIpc) is 3.32. The first-order valence-electron chi connectivity index (χ1n) is 11.2. The third-order valence-corrected chi connectivity index (χ3v) is 7.22. The van der Waals surface area contributed by atoms with E-state index in [0.717, 1.165) is 20.9 Å². The summed E-state index contributed by atoms with van der Waals surface area (Å²) in [5.74, 6) is 0.410. The van der Waals surface area contributed by atoms with E-state index in [4.69, 9.17) is 4.74 Å². The van der Waals surface area contributed by atoms with E-state index >= 15 is 0 Å². The van der Waals surface area contributed by atoms with Gasteiger partial charge in [0.15, 0.2) is 6.29 Å². The molecule has 37 heavy (non-hydrogen) atoms. The molecule has 188 valence electrons. The van der Waals surface area contributed by atoms with Crippen LogP contribution in [-0.4, -0.2) is 43.6 Å². The summed E-state index contributed by atoms with van der Waals surface area (Å²) in [6, 6.07) is 20.7. The monoisotopic (exact) mass is 516 g/mol. The molecule has 0 atom stereocenters. The number of fused-ring (bicyclic) bond motifs is 2. The van der Waals surface area contributed by atoms with Crippen molar-refractivity contribution in [2.45, 2.75) is 18.2 Å². The molecular weight excluding hydrogens is 492 g/mol. The highest BCUT2D eigenvalue weighted by Crippen LogP contribution is 2.26. The highest BCUT2D eigenvalue weighted by molar-refractivity contribution is 7.90. The third kappa shape index (κ3) is 5.49. The molecule has 0 unspecified atom stereocenters. The number of carbonyl (C=O) groups excluding carboxylic acids is 2. The lowest BCUT2D eigenvalue weighted by molar-refractivity contribution is -0.118. The highest BCUT2D eigenvalue weighted by atomic mass is 32.2. The molecule has 4 aromatic rings. The number of aliphatic imine (C=N–C) groups is 1. The minimum absolute atomic E-state index is 0.131. The average molecular weight is 517 g/mol. The van der Waals surface area contributed by atoms with Gasteiger partial charge >= 0.3 is 0 Å². The molecular formula is C27H24N4O5S. The summed E-state index contributed by atoms with van der Waals surface area (Å²) in [5, 5.41) is 4.66. The van der Waals surface area contributed by atoms with Crippen LogP contribution in [0.3, 0.4) is 0 Å². The number of rotatable bonds is 5. The third-order valence-electron chi connectivity index (χ3n) is 5.53. The first-order valence-corrected chi connectivity index (χ1v) is 12.7. The maximum Gasteiger partial charge on any atom is 0.268 e. The standard InChI is InChI=1S/C16H13NO4S.C11H11N3O/c1-21-13-6-8-14(9-7-13)22(19,20)17-10-12(11-18)15-4-2-3-5-16(15)17;1-8(15)13-14-11-6-7-12-10-5-3-2-4-9(10)11/h2-11H,1H3;2-5,7H,6H2,1H3,(H,13,15). The molecule has 0 saturated carbocycles. The van der Waals surface area contributed by atoms with Gasteiger partial charge in [-0.15, -0.1) is 0 Å². The molecule has 0 radical (unpaired) electrons. The normalized spacial score (nSPS) is 13.4. The van der Waals surface area contributed by atoms with Crippen molar-refractivity contribution >= 4 is 50.7 Å². The SMILES string of the molecule is CC(=O)NN=C1CC=Nc2ccccc21.COc1ccc(S(=O)(=O)n2cc(C=O)c3ccccc32)cc1. The molecule has 1 aliphatic heterocycles. The summed E-state index contributed by atoms with van der Waals surface area (Å²) in [5.41, 5.74) is 5.98. The molecule has 1 amide bonds. The Morgan fingerprint density at radius 1 is 1.05 bits per heavy atom. The van der Waals surface area contributed by atoms with Gasteiger partial charge in [0, 0.05) is 42.3 Å². The van der Waals surface area contributed by atoms with Gasteiger partial charge in [-0.05, 0) is 36.4 Å². The number of benzene rings is 3. The van der Waals surface area contributed by atoms with E-state index in [0.29, 0.717) is 34.9 Å². The van der Waals surface area contributed by atoms with Crippen LogP contribution >= 0.6 is 0 Å². The number of methoxy groups -OCH3 is 1. The summed E-state index contributed by atoms with van der Waals surface area (Å²) in [4.78, 5) is 26.3. The van der Waals surface area contributed by atoms with Crippen LogP contribution in [0.15, 0.2) is 94.0 Å². The fourth-order valence-electron chi connectivity index (χ4n) is 3.75. The minimum Gasteiger partial charge on any atom is -0.497 e. The number of hydrogen-bond acceptors (Lipinski definition) is 7. The zero-order valence-corrected chi connectivity index (χ0v) is 21.0. The van der Waals surface area contributed by atoms with Crippen molar-refractivity contribution in [2.24, 2.45) is 10.1 Å². The number of para-hydroxylation sites is 2. The van der Waals surface area contributed by atoms with Gasteiger partial charge in [0.1, 0.15) is 5.75 Å². The van der Waals surface area contributed by atoms with Crippen molar-refractivity contribution in [1.29, 1.82) is 0 Å². The molecule has 10 heteroatoms. The lowest BCUT2D eigenvalue weighted by Gasteiger charge is -2.11. The molecule has 1 N–H and O–H groups in total. The number of ether oxygens (including phenoxy) is 1. The van der Waals surface area contributed by atoms with Crippen LogP contribution in [-0.2, 0) is 14.8 Å². The summed E-state index contributed by atoms with van der Waals surface area (Å²) in [6.45, 7) is 1.44. The van der Waals surface area contributed by atoms with Crippen LogP contribution in [0.25, 0.3) is 10.9 Å². The van der Waals surface area contributed by atoms with Crippen molar-refractivity contribution in [2.75, 3.05) is 7.11 Å². The predicted molar refractivity (Wildman–Crippen MR) is 142 cm³/mol. The van der Waals surface area contributed by atoms with Crippen LogP contribution in [0.1, 0.15) is 29.3 Å². The van der Waals surface area contributed by atoms with Gasteiger partial charge < -0.3 is 4.74 Å². The number of nitrogens with zero attached hydrogens (tertiary/aromatic N) is 3. The molecule has 0 bridgehead atoms. The van der Waals surface area contributed by atoms with Gasteiger partial charge in [-0.2, -0.15) is 5.10 Å². The Bertz CT molecular complexity index is 1620. The Kier molecular flexibility index (Phi) is 7.59. The Hall–Kier alpha value is -4.57.